The van der Waals surface area contributed by atoms with E-state index in [1.165, 1.54) is 5.56 Å². The molecule has 4 nitrogen and oxygen atoms in total. The van der Waals surface area contributed by atoms with E-state index >= 15 is 0 Å². The molecule has 1 aliphatic heterocycles. The summed E-state index contributed by atoms with van der Waals surface area (Å²) in [6.07, 6.45) is 1.42. The van der Waals surface area contributed by atoms with Gasteiger partial charge >= 0.3 is 0 Å². The predicted molar refractivity (Wildman–Crippen MR) is 106 cm³/mol. The number of hydrogen-bond donors (Lipinski definition) is 1. The molecule has 0 unspecified atom stereocenters. The summed E-state index contributed by atoms with van der Waals surface area (Å²) in [6.45, 7) is 3.85. The fraction of sp³-hybridized carbons (Fsp3) is 0.333. The number of benzene rings is 2. The Labute approximate surface area is 162 Å². The maximum Gasteiger partial charge on any atom is 0.253 e. The maximum absolute atomic E-state index is 12.5. The van der Waals surface area contributed by atoms with Crippen LogP contribution in [0.4, 0.5) is 0 Å². The molecular formula is C21H23BrN2O2. The topological polar surface area (TPSA) is 49.4 Å². The molecule has 5 heteroatoms. The number of nitrogens with zero attached hydrogens (tertiary/aromatic N) is 1. The second kappa shape index (κ2) is 8.49. The van der Waals surface area contributed by atoms with Gasteiger partial charge in [0.25, 0.3) is 5.91 Å². The lowest BCUT2D eigenvalue weighted by Gasteiger charge is -2.31. The van der Waals surface area contributed by atoms with Crippen molar-refractivity contribution in [2.45, 2.75) is 26.3 Å². The summed E-state index contributed by atoms with van der Waals surface area (Å²) in [5.41, 5.74) is 3.02. The predicted octanol–water partition coefficient (Wildman–Crippen LogP) is 3.93. The van der Waals surface area contributed by atoms with E-state index < -0.39 is 0 Å². The molecule has 1 heterocycles. The number of carbonyl (C=O) groups excluding carboxylic acids is 2. The second-order valence-electron chi connectivity index (χ2n) is 6.72. The Bertz CT molecular complexity index is 781. The van der Waals surface area contributed by atoms with Gasteiger partial charge in [0.2, 0.25) is 5.91 Å². The van der Waals surface area contributed by atoms with E-state index in [0.29, 0.717) is 38.0 Å². The molecule has 3 rings (SSSR count). The molecule has 26 heavy (non-hydrogen) atoms. The fourth-order valence-corrected chi connectivity index (χ4v) is 3.52. The van der Waals surface area contributed by atoms with Gasteiger partial charge in [-0.1, -0.05) is 40.2 Å². The number of amides is 2. The molecule has 0 aliphatic carbocycles. The van der Waals surface area contributed by atoms with Crippen molar-refractivity contribution in [2.24, 2.45) is 5.92 Å². The molecule has 0 aromatic heterocycles. The van der Waals surface area contributed by atoms with E-state index in [9.17, 15) is 9.59 Å². The van der Waals surface area contributed by atoms with Gasteiger partial charge in [0.1, 0.15) is 0 Å². The van der Waals surface area contributed by atoms with Crippen LogP contribution in [0.5, 0.6) is 0 Å². The van der Waals surface area contributed by atoms with Crippen LogP contribution >= 0.6 is 15.9 Å². The van der Waals surface area contributed by atoms with Crippen LogP contribution in [0.2, 0.25) is 0 Å². The third kappa shape index (κ3) is 4.52. The van der Waals surface area contributed by atoms with Crippen molar-refractivity contribution in [1.82, 2.24) is 10.2 Å². The fourth-order valence-electron chi connectivity index (χ4n) is 3.25. The zero-order chi connectivity index (χ0) is 18.5. The van der Waals surface area contributed by atoms with Crippen molar-refractivity contribution in [2.75, 3.05) is 13.1 Å². The van der Waals surface area contributed by atoms with Gasteiger partial charge in [-0.05, 0) is 55.2 Å². The van der Waals surface area contributed by atoms with Crippen LogP contribution < -0.4 is 5.32 Å². The summed E-state index contributed by atoms with van der Waals surface area (Å²) in [5, 5.41) is 3.04. The minimum Gasteiger partial charge on any atom is -0.352 e. The van der Waals surface area contributed by atoms with Crippen LogP contribution in [0.25, 0.3) is 0 Å². The van der Waals surface area contributed by atoms with Crippen LogP contribution in [0.15, 0.2) is 53.0 Å². The van der Waals surface area contributed by atoms with Crippen LogP contribution in [0, 0.1) is 12.8 Å². The Balaban J connectivity index is 1.50. The van der Waals surface area contributed by atoms with E-state index in [2.05, 4.69) is 21.2 Å². The van der Waals surface area contributed by atoms with Gasteiger partial charge in [-0.15, -0.1) is 0 Å². The number of hydrogen-bond acceptors (Lipinski definition) is 2. The first kappa shape index (κ1) is 18.6. The molecule has 0 radical (unpaired) electrons. The van der Waals surface area contributed by atoms with E-state index in [-0.39, 0.29) is 17.7 Å². The maximum atomic E-state index is 12.5. The third-order valence-corrected chi connectivity index (χ3v) is 5.49. The molecule has 1 saturated heterocycles. The highest BCUT2D eigenvalue weighted by molar-refractivity contribution is 9.10. The third-order valence-electron chi connectivity index (χ3n) is 4.96. The van der Waals surface area contributed by atoms with Gasteiger partial charge in [0.15, 0.2) is 0 Å². The Kier molecular flexibility index (Phi) is 6.09. The summed E-state index contributed by atoms with van der Waals surface area (Å²) < 4.78 is 0.957. The van der Waals surface area contributed by atoms with Crippen molar-refractivity contribution >= 4 is 27.7 Å². The van der Waals surface area contributed by atoms with Crippen LogP contribution in [-0.4, -0.2) is 29.8 Å². The van der Waals surface area contributed by atoms with Crippen LogP contribution in [0.1, 0.15) is 34.3 Å². The number of aryl methyl sites for hydroxylation is 1. The smallest absolute Gasteiger partial charge is 0.253 e. The van der Waals surface area contributed by atoms with E-state index in [0.717, 1.165) is 10.0 Å². The zero-order valence-electron chi connectivity index (χ0n) is 14.9. The summed E-state index contributed by atoms with van der Waals surface area (Å²) in [6, 6.07) is 15.5. The first-order valence-electron chi connectivity index (χ1n) is 8.91. The van der Waals surface area contributed by atoms with Crippen molar-refractivity contribution in [3.8, 4) is 0 Å². The van der Waals surface area contributed by atoms with Gasteiger partial charge in [0.05, 0.1) is 0 Å². The molecular weight excluding hydrogens is 392 g/mol. The minimum atomic E-state index is -0.0204. The summed E-state index contributed by atoms with van der Waals surface area (Å²) >= 11 is 3.38. The molecule has 2 aromatic rings. The lowest BCUT2D eigenvalue weighted by atomic mass is 9.95. The number of rotatable bonds is 4. The SMILES string of the molecule is Cc1ccccc1CNC(=O)C1CCN(C(=O)c2ccc(Br)cc2)CC1. The molecule has 0 spiro atoms. The Morgan fingerprint density at radius 2 is 1.73 bits per heavy atom. The monoisotopic (exact) mass is 414 g/mol. The largest absolute Gasteiger partial charge is 0.352 e. The Hall–Kier alpha value is -2.14. The molecule has 136 valence electrons. The average Bonchev–Trinajstić information content (AvgIpc) is 2.67. The minimum absolute atomic E-state index is 0.0204. The molecule has 0 atom stereocenters. The van der Waals surface area contributed by atoms with Crippen molar-refractivity contribution in [3.05, 3.63) is 69.7 Å². The first-order valence-corrected chi connectivity index (χ1v) is 9.71. The first-order chi connectivity index (χ1) is 12.5. The van der Waals surface area contributed by atoms with Crippen LogP contribution in [0.3, 0.4) is 0 Å². The summed E-state index contributed by atoms with van der Waals surface area (Å²) in [7, 11) is 0. The second-order valence-corrected chi connectivity index (χ2v) is 7.63. The Morgan fingerprint density at radius 1 is 1.08 bits per heavy atom. The molecule has 1 N–H and O–H groups in total. The average molecular weight is 415 g/mol. The van der Waals surface area contributed by atoms with Crippen molar-refractivity contribution in [1.29, 1.82) is 0 Å². The quantitative estimate of drug-likeness (QED) is 0.823. The highest BCUT2D eigenvalue weighted by Gasteiger charge is 2.27. The highest BCUT2D eigenvalue weighted by Crippen LogP contribution is 2.20. The van der Waals surface area contributed by atoms with Gasteiger partial charge < -0.3 is 10.2 Å². The molecule has 0 saturated carbocycles. The number of halogens is 1. The lowest BCUT2D eigenvalue weighted by molar-refractivity contribution is -0.126. The van der Waals surface area contributed by atoms with Gasteiger partial charge in [-0.25, -0.2) is 0 Å². The van der Waals surface area contributed by atoms with Crippen molar-refractivity contribution in [3.63, 3.8) is 0 Å². The molecule has 2 amide bonds. The number of piperidine rings is 1. The van der Waals surface area contributed by atoms with Crippen LogP contribution in [-0.2, 0) is 11.3 Å². The normalized spacial score (nSPS) is 14.9. The van der Waals surface area contributed by atoms with E-state index in [1.807, 2.05) is 60.4 Å². The van der Waals surface area contributed by atoms with Gasteiger partial charge in [0, 0.05) is 35.6 Å². The van der Waals surface area contributed by atoms with E-state index in [1.54, 1.807) is 0 Å². The summed E-state index contributed by atoms with van der Waals surface area (Å²) in [5.74, 6) is 0.105. The van der Waals surface area contributed by atoms with E-state index in [4.69, 9.17) is 0 Å². The molecule has 2 aromatic carbocycles. The molecule has 1 aliphatic rings. The number of likely N-dealkylation sites (tertiary alicyclic amines) is 1. The van der Waals surface area contributed by atoms with Crippen molar-refractivity contribution < 1.29 is 9.59 Å². The van der Waals surface area contributed by atoms with Gasteiger partial charge in [-0.3, -0.25) is 9.59 Å². The number of nitrogens with one attached hydrogen (secondary N) is 1. The highest BCUT2D eigenvalue weighted by atomic mass is 79.9. The summed E-state index contributed by atoms with van der Waals surface area (Å²) in [4.78, 5) is 26.8. The van der Waals surface area contributed by atoms with Gasteiger partial charge in [-0.2, -0.15) is 0 Å². The zero-order valence-corrected chi connectivity index (χ0v) is 16.5. The molecule has 0 bridgehead atoms. The Morgan fingerprint density at radius 3 is 2.38 bits per heavy atom. The standard InChI is InChI=1S/C21H23BrN2O2/c1-15-4-2-3-5-18(15)14-23-20(25)16-10-12-24(13-11-16)21(26)17-6-8-19(22)9-7-17/h2-9,16H,10-14H2,1H3,(H,23,25). The lowest BCUT2D eigenvalue weighted by Crippen LogP contribution is -2.42. The number of carbonyl (C=O) groups is 2. The molecule has 1 fully saturated rings.